The van der Waals surface area contributed by atoms with Crippen molar-refractivity contribution >= 4 is 29.2 Å². The zero-order chi connectivity index (χ0) is 21.0. The summed E-state index contributed by atoms with van der Waals surface area (Å²) in [5, 5.41) is 0. The summed E-state index contributed by atoms with van der Waals surface area (Å²) in [6.07, 6.45) is 0. The Labute approximate surface area is 168 Å². The molecule has 150 valence electrons. The molecule has 29 heavy (non-hydrogen) atoms. The van der Waals surface area contributed by atoms with E-state index in [1.807, 2.05) is 12.1 Å². The van der Waals surface area contributed by atoms with E-state index in [-0.39, 0.29) is 12.5 Å². The highest BCUT2D eigenvalue weighted by atomic mass is 16.5. The van der Waals surface area contributed by atoms with Crippen LogP contribution < -0.4 is 14.5 Å². The average Bonchev–Trinajstić information content (AvgIpc) is 2.98. The minimum Gasteiger partial charge on any atom is -0.497 e. The molecule has 2 unspecified atom stereocenters. The molecule has 0 N–H and O–H groups in total. The number of anilines is 2. The molecule has 2 heterocycles. The van der Waals surface area contributed by atoms with E-state index in [1.54, 1.807) is 57.5 Å². The smallest absolute Gasteiger partial charge is 0.324 e. The number of ether oxygens (including phenoxy) is 2. The van der Waals surface area contributed by atoms with Gasteiger partial charge in [0.1, 0.15) is 5.75 Å². The first-order valence-electron chi connectivity index (χ1n) is 9.39. The SMILES string of the molecule is CCOC(=O)C1(C)C(=O)N(c2ccc(OC)cc2)C12C(=O)N(C)c1ccccc12. The molecule has 1 spiro atoms. The van der Waals surface area contributed by atoms with Crippen LogP contribution in [0.1, 0.15) is 19.4 Å². The van der Waals surface area contributed by atoms with Crippen LogP contribution >= 0.6 is 0 Å². The Morgan fingerprint density at radius 2 is 1.69 bits per heavy atom. The van der Waals surface area contributed by atoms with E-state index in [0.717, 1.165) is 0 Å². The topological polar surface area (TPSA) is 76.1 Å². The highest BCUT2D eigenvalue weighted by molar-refractivity contribution is 6.30. The fourth-order valence-electron chi connectivity index (χ4n) is 4.49. The molecule has 0 aromatic heterocycles. The first kappa shape index (κ1) is 19.0. The molecule has 2 atom stereocenters. The molecule has 2 aliphatic heterocycles. The lowest BCUT2D eigenvalue weighted by Gasteiger charge is -2.58. The van der Waals surface area contributed by atoms with Crippen molar-refractivity contribution in [2.75, 3.05) is 30.6 Å². The first-order chi connectivity index (χ1) is 13.8. The number of esters is 1. The van der Waals surface area contributed by atoms with E-state index in [4.69, 9.17) is 9.47 Å². The minimum absolute atomic E-state index is 0.117. The van der Waals surface area contributed by atoms with Crippen LogP contribution in [0.2, 0.25) is 0 Å². The fraction of sp³-hybridized carbons (Fsp3) is 0.318. The molecule has 2 aliphatic rings. The predicted molar refractivity (Wildman–Crippen MR) is 107 cm³/mol. The molecule has 0 aliphatic carbocycles. The number of amides is 2. The van der Waals surface area contributed by atoms with Crippen molar-refractivity contribution in [2.24, 2.45) is 5.41 Å². The number of rotatable bonds is 4. The van der Waals surface area contributed by atoms with Crippen LogP contribution in [0.15, 0.2) is 48.5 Å². The quantitative estimate of drug-likeness (QED) is 0.452. The van der Waals surface area contributed by atoms with Gasteiger partial charge in [-0.05, 0) is 44.2 Å². The lowest BCUT2D eigenvalue weighted by Crippen LogP contribution is -2.80. The third-order valence-electron chi connectivity index (χ3n) is 5.97. The number of carbonyl (C=O) groups is 3. The molecule has 4 rings (SSSR count). The van der Waals surface area contributed by atoms with Crippen LogP contribution in [0.3, 0.4) is 0 Å². The zero-order valence-corrected chi connectivity index (χ0v) is 16.8. The molecule has 2 amide bonds. The number of likely N-dealkylation sites (N-methyl/N-ethyl adjacent to an activating group) is 1. The minimum atomic E-state index is -1.67. The summed E-state index contributed by atoms with van der Waals surface area (Å²) in [4.78, 5) is 42.9. The van der Waals surface area contributed by atoms with E-state index >= 15 is 0 Å². The summed E-state index contributed by atoms with van der Waals surface area (Å²) in [6, 6.07) is 14.1. The van der Waals surface area contributed by atoms with E-state index in [0.29, 0.717) is 22.7 Å². The summed E-state index contributed by atoms with van der Waals surface area (Å²) in [5.74, 6) is -0.892. The average molecular weight is 394 g/mol. The third kappa shape index (κ3) is 2.10. The van der Waals surface area contributed by atoms with Gasteiger partial charge >= 0.3 is 5.97 Å². The summed E-state index contributed by atoms with van der Waals surface area (Å²) < 4.78 is 10.4. The largest absolute Gasteiger partial charge is 0.497 e. The van der Waals surface area contributed by atoms with Gasteiger partial charge in [0, 0.05) is 24.0 Å². The normalized spacial score (nSPS) is 25.1. The van der Waals surface area contributed by atoms with Gasteiger partial charge in [-0.15, -0.1) is 0 Å². The molecular weight excluding hydrogens is 372 g/mol. The first-order valence-corrected chi connectivity index (χ1v) is 9.39. The van der Waals surface area contributed by atoms with Gasteiger partial charge in [-0.3, -0.25) is 19.3 Å². The van der Waals surface area contributed by atoms with E-state index in [9.17, 15) is 14.4 Å². The Hall–Kier alpha value is -3.35. The second-order valence-corrected chi connectivity index (χ2v) is 7.28. The second kappa shape index (κ2) is 6.34. The maximum absolute atomic E-state index is 13.6. The molecule has 1 fully saturated rings. The molecule has 0 radical (unpaired) electrons. The molecule has 0 saturated carbocycles. The summed E-state index contributed by atoms with van der Waals surface area (Å²) >= 11 is 0. The third-order valence-corrected chi connectivity index (χ3v) is 5.97. The van der Waals surface area contributed by atoms with Crippen molar-refractivity contribution in [1.29, 1.82) is 0 Å². The van der Waals surface area contributed by atoms with Gasteiger partial charge in [-0.2, -0.15) is 0 Å². The van der Waals surface area contributed by atoms with Crippen LogP contribution in [-0.4, -0.2) is 38.5 Å². The molecule has 7 heteroatoms. The van der Waals surface area contributed by atoms with E-state index in [2.05, 4.69) is 0 Å². The fourth-order valence-corrected chi connectivity index (χ4v) is 4.49. The van der Waals surface area contributed by atoms with Crippen LogP contribution in [0.25, 0.3) is 0 Å². The molecule has 2 aromatic rings. The van der Waals surface area contributed by atoms with Gasteiger partial charge < -0.3 is 14.4 Å². The highest BCUT2D eigenvalue weighted by Crippen LogP contribution is 2.62. The molecule has 0 bridgehead atoms. The van der Waals surface area contributed by atoms with E-state index < -0.39 is 22.8 Å². The molecule has 7 nitrogen and oxygen atoms in total. The van der Waals surface area contributed by atoms with Crippen LogP contribution in [0.4, 0.5) is 11.4 Å². The van der Waals surface area contributed by atoms with Crippen molar-refractivity contribution in [2.45, 2.75) is 19.4 Å². The van der Waals surface area contributed by atoms with Crippen LogP contribution in [0.5, 0.6) is 5.75 Å². The van der Waals surface area contributed by atoms with Gasteiger partial charge in [0.05, 0.1) is 13.7 Å². The van der Waals surface area contributed by atoms with Crippen molar-refractivity contribution in [3.8, 4) is 5.75 Å². The number of carbonyl (C=O) groups excluding carboxylic acids is 3. The molecular formula is C22H22N2O5. The Kier molecular flexibility index (Phi) is 4.15. The van der Waals surface area contributed by atoms with Gasteiger partial charge in [-0.1, -0.05) is 18.2 Å². The second-order valence-electron chi connectivity index (χ2n) is 7.28. The van der Waals surface area contributed by atoms with Gasteiger partial charge in [0.15, 0.2) is 11.0 Å². The number of fused-ring (bicyclic) bond motifs is 2. The Balaban J connectivity index is 1.97. The van der Waals surface area contributed by atoms with Crippen molar-refractivity contribution < 1.29 is 23.9 Å². The predicted octanol–water partition coefficient (Wildman–Crippen LogP) is 2.48. The van der Waals surface area contributed by atoms with Crippen LogP contribution in [-0.2, 0) is 24.7 Å². The lowest BCUT2D eigenvalue weighted by molar-refractivity contribution is -0.177. The summed E-state index contributed by atoms with van der Waals surface area (Å²) in [6.45, 7) is 3.29. The molecule has 1 saturated heterocycles. The number of para-hydroxylation sites is 1. The van der Waals surface area contributed by atoms with Crippen molar-refractivity contribution in [1.82, 2.24) is 0 Å². The van der Waals surface area contributed by atoms with Crippen molar-refractivity contribution in [3.05, 3.63) is 54.1 Å². The Morgan fingerprint density at radius 1 is 1.03 bits per heavy atom. The summed E-state index contributed by atoms with van der Waals surface area (Å²) in [5.41, 5.74) is -1.38. The Morgan fingerprint density at radius 3 is 2.31 bits per heavy atom. The number of β-lactam (4-membered cyclic amide) rings is 1. The number of methoxy groups -OCH3 is 1. The number of nitrogens with zero attached hydrogens (tertiary/aromatic N) is 2. The standard InChI is InChI=1S/C22H22N2O5/c1-5-29-20(27)21(2)18(25)24(14-10-12-15(28-4)13-11-14)22(21)16-8-6-7-9-17(16)23(3)19(22)26/h6-13H,5H2,1-4H3. The Bertz CT molecular complexity index is 1020. The lowest BCUT2D eigenvalue weighted by atomic mass is 9.58. The maximum Gasteiger partial charge on any atom is 0.324 e. The maximum atomic E-state index is 13.6. The van der Waals surface area contributed by atoms with Crippen LogP contribution in [0, 0.1) is 5.41 Å². The van der Waals surface area contributed by atoms with Gasteiger partial charge in [0.25, 0.3) is 5.91 Å². The number of hydrogen-bond acceptors (Lipinski definition) is 5. The number of benzene rings is 2. The number of hydrogen-bond donors (Lipinski definition) is 0. The van der Waals surface area contributed by atoms with Gasteiger partial charge in [-0.25, -0.2) is 0 Å². The summed E-state index contributed by atoms with van der Waals surface area (Å²) in [7, 11) is 3.20. The van der Waals surface area contributed by atoms with Gasteiger partial charge in [0.2, 0.25) is 5.91 Å². The van der Waals surface area contributed by atoms with Crippen molar-refractivity contribution in [3.63, 3.8) is 0 Å². The van der Waals surface area contributed by atoms with E-state index in [1.165, 1.54) is 16.7 Å². The molecule has 2 aromatic carbocycles. The zero-order valence-electron chi connectivity index (χ0n) is 16.8. The highest BCUT2D eigenvalue weighted by Gasteiger charge is 2.81. The monoisotopic (exact) mass is 394 g/mol.